The van der Waals surface area contributed by atoms with Crippen molar-refractivity contribution >= 4 is 17.6 Å². The molecule has 1 atom stereocenters. The first-order chi connectivity index (χ1) is 8.04. The van der Waals surface area contributed by atoms with Crippen molar-refractivity contribution in [3.63, 3.8) is 0 Å². The minimum Gasteiger partial charge on any atom is -0.478 e. The fourth-order valence-electron chi connectivity index (χ4n) is 1.36. The second kappa shape index (κ2) is 6.00. The summed E-state index contributed by atoms with van der Waals surface area (Å²) < 4.78 is 0. The molecule has 0 aliphatic carbocycles. The number of hydrogen-bond donors (Lipinski definition) is 3. The summed E-state index contributed by atoms with van der Waals surface area (Å²) in [5, 5.41) is 14.4. The predicted octanol–water partition coefficient (Wildman–Crippen LogP) is 1.18. The van der Waals surface area contributed by atoms with Crippen molar-refractivity contribution in [3.05, 3.63) is 29.8 Å². The van der Waals surface area contributed by atoms with Crippen LogP contribution in [0.1, 0.15) is 17.3 Å². The molecule has 0 heterocycles. The van der Waals surface area contributed by atoms with E-state index in [-0.39, 0.29) is 17.4 Å². The molecule has 0 radical (unpaired) electrons. The van der Waals surface area contributed by atoms with Gasteiger partial charge in [-0.15, -0.1) is 0 Å². The molecule has 0 spiro atoms. The van der Waals surface area contributed by atoms with E-state index in [0.717, 1.165) is 0 Å². The van der Waals surface area contributed by atoms with Gasteiger partial charge in [-0.25, -0.2) is 4.79 Å². The van der Waals surface area contributed by atoms with Gasteiger partial charge in [0.1, 0.15) is 0 Å². The van der Waals surface area contributed by atoms with Crippen LogP contribution < -0.4 is 10.6 Å². The van der Waals surface area contributed by atoms with E-state index in [1.807, 2.05) is 6.92 Å². The van der Waals surface area contributed by atoms with Crippen LogP contribution in [0.25, 0.3) is 0 Å². The van der Waals surface area contributed by atoms with Crippen molar-refractivity contribution in [2.75, 3.05) is 18.9 Å². The summed E-state index contributed by atoms with van der Waals surface area (Å²) >= 11 is 0. The summed E-state index contributed by atoms with van der Waals surface area (Å²) in [4.78, 5) is 22.3. The zero-order chi connectivity index (χ0) is 12.8. The third kappa shape index (κ3) is 3.88. The maximum atomic E-state index is 11.7. The quantitative estimate of drug-likeness (QED) is 0.717. The number of carbonyl (C=O) groups excluding carboxylic acids is 1. The number of carboxylic acid groups (broad SMARTS) is 1. The van der Waals surface area contributed by atoms with Crippen molar-refractivity contribution < 1.29 is 14.7 Å². The van der Waals surface area contributed by atoms with Crippen LogP contribution >= 0.6 is 0 Å². The summed E-state index contributed by atoms with van der Waals surface area (Å²) in [6.45, 7) is 2.41. The van der Waals surface area contributed by atoms with E-state index in [2.05, 4.69) is 10.6 Å². The van der Waals surface area contributed by atoms with E-state index in [4.69, 9.17) is 5.11 Å². The Balaban J connectivity index is 2.63. The third-order valence-electron chi connectivity index (χ3n) is 2.36. The van der Waals surface area contributed by atoms with Gasteiger partial charge in [0.05, 0.1) is 5.56 Å². The predicted molar refractivity (Wildman–Crippen MR) is 65.1 cm³/mol. The highest BCUT2D eigenvalue weighted by Gasteiger charge is 2.11. The molecule has 0 saturated carbocycles. The van der Waals surface area contributed by atoms with Crippen LogP contribution in [0.3, 0.4) is 0 Å². The van der Waals surface area contributed by atoms with Crippen molar-refractivity contribution in [2.45, 2.75) is 6.92 Å². The van der Waals surface area contributed by atoms with E-state index >= 15 is 0 Å². The number of nitrogens with one attached hydrogen (secondary N) is 2. The zero-order valence-corrected chi connectivity index (χ0v) is 9.86. The molecule has 3 N–H and O–H groups in total. The van der Waals surface area contributed by atoms with E-state index in [1.54, 1.807) is 19.2 Å². The molecule has 1 rings (SSSR count). The molecule has 1 aromatic rings. The molecule has 0 fully saturated rings. The number of benzene rings is 1. The second-order valence-electron chi connectivity index (χ2n) is 3.83. The number of rotatable bonds is 5. The number of carbonyl (C=O) groups is 2. The maximum absolute atomic E-state index is 11.7. The molecule has 0 bridgehead atoms. The van der Waals surface area contributed by atoms with Gasteiger partial charge in [0.2, 0.25) is 5.91 Å². The highest BCUT2D eigenvalue weighted by molar-refractivity contribution is 5.93. The first kappa shape index (κ1) is 13.2. The van der Waals surface area contributed by atoms with E-state index in [9.17, 15) is 9.59 Å². The summed E-state index contributed by atoms with van der Waals surface area (Å²) in [6, 6.07) is 6.07. The first-order valence-electron chi connectivity index (χ1n) is 5.33. The number of hydrogen-bond acceptors (Lipinski definition) is 3. The van der Waals surface area contributed by atoms with Crippen LogP contribution in [-0.4, -0.2) is 30.6 Å². The Bertz CT molecular complexity index is 401. The molecule has 17 heavy (non-hydrogen) atoms. The summed E-state index contributed by atoms with van der Waals surface area (Å²) in [6.07, 6.45) is 0. The summed E-state index contributed by atoms with van der Waals surface area (Å²) in [5.41, 5.74) is 0.800. The summed E-state index contributed by atoms with van der Waals surface area (Å²) in [5.74, 6) is -1.21. The minimum atomic E-state index is -0.980. The van der Waals surface area contributed by atoms with Crippen LogP contribution in [0.15, 0.2) is 24.3 Å². The van der Waals surface area contributed by atoms with Gasteiger partial charge in [0.25, 0.3) is 0 Å². The normalized spacial score (nSPS) is 11.9. The standard InChI is InChI=1S/C12H16N2O3/c1-8(7-13-2)11(15)14-10-5-3-9(4-6-10)12(16)17/h3-6,8,13H,7H2,1-2H3,(H,14,15)(H,16,17). The lowest BCUT2D eigenvalue weighted by Gasteiger charge is -2.11. The summed E-state index contributed by atoms with van der Waals surface area (Å²) in [7, 11) is 1.78. The van der Waals surface area contributed by atoms with Crippen molar-refractivity contribution in [2.24, 2.45) is 5.92 Å². The molecule has 5 nitrogen and oxygen atoms in total. The highest BCUT2D eigenvalue weighted by Crippen LogP contribution is 2.10. The number of aromatic carboxylic acids is 1. The SMILES string of the molecule is CNCC(C)C(=O)Nc1ccc(C(=O)O)cc1. The van der Waals surface area contributed by atoms with Crippen molar-refractivity contribution in [3.8, 4) is 0 Å². The average molecular weight is 236 g/mol. The molecule has 0 aliphatic heterocycles. The van der Waals surface area contributed by atoms with Crippen LogP contribution in [-0.2, 0) is 4.79 Å². The van der Waals surface area contributed by atoms with E-state index < -0.39 is 5.97 Å². The molecule has 0 aromatic heterocycles. The molecular formula is C12H16N2O3. The Hall–Kier alpha value is -1.88. The van der Waals surface area contributed by atoms with Crippen LogP contribution in [0.2, 0.25) is 0 Å². The fourth-order valence-corrected chi connectivity index (χ4v) is 1.36. The maximum Gasteiger partial charge on any atom is 0.335 e. The van der Waals surface area contributed by atoms with Gasteiger partial charge < -0.3 is 15.7 Å². The largest absolute Gasteiger partial charge is 0.478 e. The molecule has 0 saturated heterocycles. The first-order valence-corrected chi connectivity index (χ1v) is 5.33. The molecule has 92 valence electrons. The van der Waals surface area contributed by atoms with Crippen LogP contribution in [0.5, 0.6) is 0 Å². The van der Waals surface area contributed by atoms with Gasteiger partial charge in [0, 0.05) is 18.2 Å². The number of anilines is 1. The Morgan fingerprint density at radius 3 is 2.35 bits per heavy atom. The molecule has 1 unspecified atom stereocenters. The van der Waals surface area contributed by atoms with Gasteiger partial charge in [-0.3, -0.25) is 4.79 Å². The lowest BCUT2D eigenvalue weighted by molar-refractivity contribution is -0.119. The lowest BCUT2D eigenvalue weighted by atomic mass is 10.1. The Morgan fingerprint density at radius 1 is 1.29 bits per heavy atom. The van der Waals surface area contributed by atoms with Crippen molar-refractivity contribution in [1.82, 2.24) is 5.32 Å². The number of carboxylic acids is 1. The average Bonchev–Trinajstić information content (AvgIpc) is 2.30. The van der Waals surface area contributed by atoms with Gasteiger partial charge in [0.15, 0.2) is 0 Å². The fraction of sp³-hybridized carbons (Fsp3) is 0.333. The van der Waals surface area contributed by atoms with E-state index in [0.29, 0.717) is 12.2 Å². The topological polar surface area (TPSA) is 78.4 Å². The van der Waals surface area contributed by atoms with Crippen LogP contribution in [0.4, 0.5) is 5.69 Å². The number of amides is 1. The van der Waals surface area contributed by atoms with Gasteiger partial charge >= 0.3 is 5.97 Å². The zero-order valence-electron chi connectivity index (χ0n) is 9.86. The minimum absolute atomic E-state index is 0.0950. The molecule has 0 aliphatic rings. The Labute approximate surface area is 99.8 Å². The highest BCUT2D eigenvalue weighted by atomic mass is 16.4. The second-order valence-corrected chi connectivity index (χ2v) is 3.83. The molecule has 5 heteroatoms. The molecule has 1 aromatic carbocycles. The Kier molecular flexibility index (Phi) is 4.66. The lowest BCUT2D eigenvalue weighted by Crippen LogP contribution is -2.28. The third-order valence-corrected chi connectivity index (χ3v) is 2.36. The Morgan fingerprint density at radius 2 is 1.88 bits per heavy atom. The van der Waals surface area contributed by atoms with E-state index in [1.165, 1.54) is 12.1 Å². The molecule has 1 amide bonds. The monoisotopic (exact) mass is 236 g/mol. The van der Waals surface area contributed by atoms with Gasteiger partial charge in [-0.05, 0) is 31.3 Å². The molecular weight excluding hydrogens is 220 g/mol. The van der Waals surface area contributed by atoms with Gasteiger partial charge in [-0.2, -0.15) is 0 Å². The van der Waals surface area contributed by atoms with Crippen molar-refractivity contribution in [1.29, 1.82) is 0 Å². The smallest absolute Gasteiger partial charge is 0.335 e. The van der Waals surface area contributed by atoms with Crippen LogP contribution in [0, 0.1) is 5.92 Å². The van der Waals surface area contributed by atoms with Gasteiger partial charge in [-0.1, -0.05) is 6.92 Å².